The molecule has 0 bridgehead atoms. The Morgan fingerprint density at radius 1 is 1.31 bits per heavy atom. The molecule has 0 aliphatic rings. The van der Waals surface area contributed by atoms with Crippen LogP contribution >= 0.6 is 0 Å². The molecular formula is C11H12NO. The van der Waals surface area contributed by atoms with Gasteiger partial charge in [0.2, 0.25) is 0 Å². The topological polar surface area (TPSA) is 24.8 Å². The molecule has 67 valence electrons. The van der Waals surface area contributed by atoms with Crippen LogP contribution in [0, 0.1) is 0 Å². The summed E-state index contributed by atoms with van der Waals surface area (Å²) in [5.41, 5.74) is 2.07. The van der Waals surface area contributed by atoms with Crippen molar-refractivity contribution in [2.45, 2.75) is 20.1 Å². The van der Waals surface area contributed by atoms with E-state index in [0.717, 1.165) is 17.5 Å². The summed E-state index contributed by atoms with van der Waals surface area (Å²) in [5, 5.41) is 11.8. The molecule has 1 aromatic carbocycles. The number of aryl methyl sites for hydroxylation is 1. The second-order valence-corrected chi connectivity index (χ2v) is 3.14. The highest BCUT2D eigenvalue weighted by atomic mass is 16.3. The van der Waals surface area contributed by atoms with Gasteiger partial charge in [-0.05, 0) is 36.1 Å². The fourth-order valence-electron chi connectivity index (χ4n) is 1.62. The summed E-state index contributed by atoms with van der Waals surface area (Å²) in [6.07, 6.45) is 2.05. The Kier molecular flexibility index (Phi) is 2.07. The number of fused-ring (bicyclic) bond motifs is 1. The number of hydrogen-bond donors (Lipinski definition) is 0. The fraction of sp³-hybridized carbons (Fsp3) is 0.273. The highest BCUT2D eigenvalue weighted by Gasteiger charge is 1.99. The van der Waals surface area contributed by atoms with E-state index in [1.54, 1.807) is 0 Å². The molecule has 13 heavy (non-hydrogen) atoms. The molecule has 0 saturated carbocycles. The SMILES string of the molecule is CCn1ccc2cc(C[O])ccc21. The Labute approximate surface area is 77.4 Å². The number of nitrogens with zero attached hydrogens (tertiary/aromatic N) is 1. The lowest BCUT2D eigenvalue weighted by Gasteiger charge is -2.00. The molecule has 2 nitrogen and oxygen atoms in total. The van der Waals surface area contributed by atoms with Crippen molar-refractivity contribution in [3.63, 3.8) is 0 Å². The predicted molar refractivity (Wildman–Crippen MR) is 52.0 cm³/mol. The third kappa shape index (κ3) is 1.33. The molecule has 0 aliphatic heterocycles. The van der Waals surface area contributed by atoms with E-state index < -0.39 is 0 Å². The van der Waals surface area contributed by atoms with E-state index in [-0.39, 0.29) is 6.61 Å². The van der Waals surface area contributed by atoms with E-state index in [2.05, 4.69) is 23.8 Å². The summed E-state index contributed by atoms with van der Waals surface area (Å²) in [7, 11) is 0. The van der Waals surface area contributed by atoms with Crippen molar-refractivity contribution >= 4 is 10.9 Å². The third-order valence-electron chi connectivity index (χ3n) is 2.34. The standard InChI is InChI=1S/C11H12NO/c1-2-12-6-5-10-7-9(8-13)3-4-11(10)12/h3-7H,2,8H2,1H3. The van der Waals surface area contributed by atoms with Gasteiger partial charge in [0.05, 0.1) is 0 Å². The number of rotatable bonds is 2. The fourth-order valence-corrected chi connectivity index (χ4v) is 1.62. The van der Waals surface area contributed by atoms with E-state index >= 15 is 0 Å². The van der Waals surface area contributed by atoms with Crippen LogP contribution < -0.4 is 0 Å². The highest BCUT2D eigenvalue weighted by Crippen LogP contribution is 2.17. The van der Waals surface area contributed by atoms with Gasteiger partial charge in [-0.3, -0.25) is 0 Å². The molecule has 0 atom stereocenters. The van der Waals surface area contributed by atoms with Crippen LogP contribution in [0.2, 0.25) is 0 Å². The molecule has 1 aromatic heterocycles. The lowest BCUT2D eigenvalue weighted by molar-refractivity contribution is 0.177. The third-order valence-corrected chi connectivity index (χ3v) is 2.34. The van der Waals surface area contributed by atoms with Crippen molar-refractivity contribution in [1.82, 2.24) is 4.57 Å². The van der Waals surface area contributed by atoms with E-state index in [1.165, 1.54) is 5.52 Å². The van der Waals surface area contributed by atoms with Gasteiger partial charge in [-0.2, -0.15) is 0 Å². The van der Waals surface area contributed by atoms with Crippen LogP contribution in [0.25, 0.3) is 10.9 Å². The summed E-state index contributed by atoms with van der Waals surface area (Å²) in [6, 6.07) is 7.94. The van der Waals surface area contributed by atoms with Crippen LogP contribution in [0.3, 0.4) is 0 Å². The van der Waals surface area contributed by atoms with Crippen molar-refractivity contribution in [3.8, 4) is 0 Å². The van der Waals surface area contributed by atoms with Crippen LogP contribution in [0.4, 0.5) is 0 Å². The van der Waals surface area contributed by atoms with Crippen LogP contribution in [0.5, 0.6) is 0 Å². The zero-order valence-corrected chi connectivity index (χ0v) is 7.66. The van der Waals surface area contributed by atoms with Gasteiger partial charge >= 0.3 is 0 Å². The molecule has 0 aliphatic carbocycles. The van der Waals surface area contributed by atoms with Gasteiger partial charge in [0.15, 0.2) is 0 Å². The van der Waals surface area contributed by atoms with Crippen molar-refractivity contribution in [2.75, 3.05) is 0 Å². The van der Waals surface area contributed by atoms with Crippen molar-refractivity contribution in [1.29, 1.82) is 0 Å². The molecule has 0 saturated heterocycles. The van der Waals surface area contributed by atoms with Gasteiger partial charge in [-0.25, -0.2) is 5.11 Å². The average molecular weight is 174 g/mol. The minimum absolute atomic E-state index is 0.132. The van der Waals surface area contributed by atoms with Crippen LogP contribution in [0.15, 0.2) is 30.5 Å². The minimum atomic E-state index is -0.132. The van der Waals surface area contributed by atoms with Gasteiger partial charge in [-0.1, -0.05) is 6.07 Å². The first-order valence-corrected chi connectivity index (χ1v) is 4.51. The maximum atomic E-state index is 10.6. The number of aromatic nitrogens is 1. The molecule has 0 unspecified atom stereocenters. The van der Waals surface area contributed by atoms with Gasteiger partial charge < -0.3 is 4.57 Å². The number of hydrogen-bond acceptors (Lipinski definition) is 0. The molecule has 1 heterocycles. The Hall–Kier alpha value is -1.28. The van der Waals surface area contributed by atoms with Gasteiger partial charge in [0.25, 0.3) is 0 Å². The largest absolute Gasteiger partial charge is 0.348 e. The summed E-state index contributed by atoms with van der Waals surface area (Å²) < 4.78 is 2.17. The first kappa shape index (κ1) is 8.32. The Balaban J connectivity index is 2.61. The summed E-state index contributed by atoms with van der Waals surface area (Å²) in [4.78, 5) is 0. The van der Waals surface area contributed by atoms with Crippen molar-refractivity contribution in [3.05, 3.63) is 36.0 Å². The van der Waals surface area contributed by atoms with Gasteiger partial charge in [-0.15, -0.1) is 0 Å². The molecular weight excluding hydrogens is 162 g/mol. The van der Waals surface area contributed by atoms with Crippen LogP contribution in [-0.2, 0) is 18.3 Å². The Morgan fingerprint density at radius 2 is 2.15 bits per heavy atom. The minimum Gasteiger partial charge on any atom is -0.348 e. The molecule has 2 aromatic rings. The molecule has 0 N–H and O–H groups in total. The zero-order chi connectivity index (χ0) is 9.26. The predicted octanol–water partition coefficient (Wildman–Crippen LogP) is 2.59. The Bertz CT molecular complexity index is 417. The second kappa shape index (κ2) is 3.23. The lowest BCUT2D eigenvalue weighted by atomic mass is 10.2. The normalized spacial score (nSPS) is 10.9. The Morgan fingerprint density at radius 3 is 2.85 bits per heavy atom. The summed E-state index contributed by atoms with van der Waals surface area (Å²) in [5.74, 6) is 0. The molecule has 0 fully saturated rings. The molecule has 0 spiro atoms. The first-order chi connectivity index (χ1) is 6.35. The van der Waals surface area contributed by atoms with Gasteiger partial charge in [0.1, 0.15) is 6.61 Å². The van der Waals surface area contributed by atoms with Gasteiger partial charge in [0, 0.05) is 18.3 Å². The average Bonchev–Trinajstić information content (AvgIpc) is 2.59. The summed E-state index contributed by atoms with van der Waals surface area (Å²) >= 11 is 0. The second-order valence-electron chi connectivity index (χ2n) is 3.14. The monoisotopic (exact) mass is 174 g/mol. The van der Waals surface area contributed by atoms with E-state index in [0.29, 0.717) is 0 Å². The lowest BCUT2D eigenvalue weighted by Crippen LogP contribution is -1.90. The maximum absolute atomic E-state index is 10.6. The molecule has 0 amide bonds. The summed E-state index contributed by atoms with van der Waals surface area (Å²) in [6.45, 7) is 2.95. The van der Waals surface area contributed by atoms with Crippen LogP contribution in [-0.4, -0.2) is 4.57 Å². The molecule has 2 rings (SSSR count). The highest BCUT2D eigenvalue weighted by molar-refractivity contribution is 5.80. The quantitative estimate of drug-likeness (QED) is 0.668. The molecule has 1 radical (unpaired) electrons. The van der Waals surface area contributed by atoms with Crippen LogP contribution in [0.1, 0.15) is 12.5 Å². The van der Waals surface area contributed by atoms with E-state index in [1.807, 2.05) is 18.2 Å². The first-order valence-electron chi connectivity index (χ1n) is 4.51. The van der Waals surface area contributed by atoms with E-state index in [9.17, 15) is 5.11 Å². The smallest absolute Gasteiger partial charge is 0.107 e. The molecule has 2 heteroatoms. The number of benzene rings is 1. The maximum Gasteiger partial charge on any atom is 0.107 e. The van der Waals surface area contributed by atoms with Crippen molar-refractivity contribution in [2.24, 2.45) is 0 Å². The van der Waals surface area contributed by atoms with E-state index in [4.69, 9.17) is 0 Å². The zero-order valence-electron chi connectivity index (χ0n) is 7.66. The van der Waals surface area contributed by atoms with Crippen molar-refractivity contribution < 1.29 is 5.11 Å².